The van der Waals surface area contributed by atoms with Crippen LogP contribution in [0, 0.1) is 5.92 Å². The van der Waals surface area contributed by atoms with Crippen LogP contribution in [0.15, 0.2) is 60.7 Å². The van der Waals surface area contributed by atoms with E-state index in [0.717, 1.165) is 5.92 Å². The van der Waals surface area contributed by atoms with E-state index in [0.29, 0.717) is 0 Å². The average Bonchev–Trinajstić information content (AvgIpc) is 2.38. The summed E-state index contributed by atoms with van der Waals surface area (Å²) in [5.41, 5.74) is 0. The lowest BCUT2D eigenvalue weighted by Crippen LogP contribution is -2.42. The van der Waals surface area contributed by atoms with Gasteiger partial charge in [-0.15, -0.1) is 8.85 Å². The van der Waals surface area contributed by atoms with Crippen LogP contribution >= 0.6 is 0 Å². The van der Waals surface area contributed by atoms with E-state index < -0.39 is 14.1 Å². The Morgan fingerprint density at radius 2 is 1.18 bits per heavy atom. The lowest BCUT2D eigenvalue weighted by Gasteiger charge is -2.15. The average molecular weight is 238 g/mol. The molecule has 0 nitrogen and oxygen atoms in total. The van der Waals surface area contributed by atoms with Crippen molar-refractivity contribution >= 4 is 23.0 Å². The van der Waals surface area contributed by atoms with Crippen LogP contribution in [0.25, 0.3) is 0 Å². The Kier molecular flexibility index (Phi) is 4.43. The fourth-order valence-corrected chi connectivity index (χ4v) is 5.55. The summed E-state index contributed by atoms with van der Waals surface area (Å²) in [6.07, 6.45) is 0. The first-order valence-electron chi connectivity index (χ1n) is 6.37. The molecule has 0 saturated heterocycles. The van der Waals surface area contributed by atoms with Crippen LogP contribution in [-0.4, -0.2) is 14.1 Å². The molecule has 0 aromatic heterocycles. The third kappa shape index (κ3) is 3.46. The number of benzene rings is 2. The van der Waals surface area contributed by atoms with Crippen LogP contribution in [0.1, 0.15) is 13.8 Å². The molecule has 0 bridgehead atoms. The van der Waals surface area contributed by atoms with E-state index in [1.807, 2.05) is 0 Å². The van der Waals surface area contributed by atoms with E-state index in [1.54, 1.807) is 8.85 Å². The molecule has 0 heterocycles. The van der Waals surface area contributed by atoms with Gasteiger partial charge < -0.3 is 0 Å². The molecule has 0 amide bonds. The van der Waals surface area contributed by atoms with Gasteiger partial charge in [0.25, 0.3) is 0 Å². The molecule has 0 unspecified atom stereocenters. The molecule has 2 rings (SSSR count). The Morgan fingerprint density at radius 1 is 0.765 bits per heavy atom. The van der Waals surface area contributed by atoms with Gasteiger partial charge in [0.15, 0.2) is 0 Å². The zero-order chi connectivity index (χ0) is 12.1. The fraction of sp³-hybridized carbons (Fsp3) is 0.250. The lowest BCUT2D eigenvalue weighted by molar-refractivity contribution is 0.729. The van der Waals surface area contributed by atoms with Gasteiger partial charge in [0.2, 0.25) is 0 Å². The maximum absolute atomic E-state index is 2.33. The fourth-order valence-electron chi connectivity index (χ4n) is 2.31. The summed E-state index contributed by atoms with van der Waals surface area (Å²) in [5.74, 6) is 0.770. The molecule has 2 aromatic carbocycles. The minimum absolute atomic E-state index is 0.770. The van der Waals surface area contributed by atoms with E-state index in [-0.39, 0.29) is 0 Å². The van der Waals surface area contributed by atoms with Crippen LogP contribution in [0.3, 0.4) is 0 Å². The van der Waals surface area contributed by atoms with Crippen LogP contribution in [0.4, 0.5) is 0 Å². The van der Waals surface area contributed by atoms with Crippen molar-refractivity contribution in [1.82, 2.24) is 0 Å². The quantitative estimate of drug-likeness (QED) is 0.718. The zero-order valence-corrected chi connectivity index (χ0v) is 11.8. The van der Waals surface area contributed by atoms with Gasteiger partial charge in [0.05, 0.1) is 0 Å². The van der Waals surface area contributed by atoms with Crippen molar-refractivity contribution in [3.63, 3.8) is 0 Å². The summed E-state index contributed by atoms with van der Waals surface area (Å²) in [4.78, 5) is 0. The first-order valence-corrected chi connectivity index (χ1v) is 8.34. The van der Waals surface area contributed by atoms with Crippen LogP contribution in [0.2, 0.25) is 5.28 Å². The second kappa shape index (κ2) is 6.05. The van der Waals surface area contributed by atoms with E-state index >= 15 is 0 Å². The minimum atomic E-state index is -1.01. The summed E-state index contributed by atoms with van der Waals surface area (Å²) in [6.45, 7) is 4.65. The SMILES string of the molecule is CC(C)[CH2][Al]([c]1ccccc1)[c]1ccccc1. The van der Waals surface area contributed by atoms with Gasteiger partial charge >= 0.3 is 14.1 Å². The third-order valence-electron chi connectivity index (χ3n) is 3.11. The Bertz CT molecular complexity index is 394. The third-order valence-corrected chi connectivity index (χ3v) is 6.90. The summed E-state index contributed by atoms with van der Waals surface area (Å²) in [6, 6.07) is 22.1. The molecule has 0 spiro atoms. The molecule has 0 N–H and O–H groups in total. The maximum atomic E-state index is 2.33. The van der Waals surface area contributed by atoms with Gasteiger partial charge in [-0.25, -0.2) is 0 Å². The van der Waals surface area contributed by atoms with Gasteiger partial charge in [-0.1, -0.05) is 85.7 Å². The predicted molar refractivity (Wildman–Crippen MR) is 77.6 cm³/mol. The first-order chi connectivity index (χ1) is 8.27. The minimum Gasteiger partial charge on any atom is -0.104 e. The van der Waals surface area contributed by atoms with E-state index in [1.165, 1.54) is 5.28 Å². The molecular formula is C16H19Al. The topological polar surface area (TPSA) is 0 Å². The van der Waals surface area contributed by atoms with Gasteiger partial charge in [0, 0.05) is 0 Å². The van der Waals surface area contributed by atoms with Crippen LogP contribution in [0.5, 0.6) is 0 Å². The van der Waals surface area contributed by atoms with Crippen molar-refractivity contribution in [2.75, 3.05) is 0 Å². The predicted octanol–water partition coefficient (Wildman–Crippen LogP) is 2.95. The second-order valence-corrected chi connectivity index (χ2v) is 7.91. The Balaban J connectivity index is 2.32. The normalized spacial score (nSPS) is 10.5. The number of hydrogen-bond acceptors (Lipinski definition) is 0. The Hall–Kier alpha value is -1.03. The lowest BCUT2D eigenvalue weighted by atomic mass is 10.3. The molecule has 0 atom stereocenters. The smallest absolute Gasteiger partial charge is 0.104 e. The highest BCUT2D eigenvalue weighted by atomic mass is 27.2. The Labute approximate surface area is 109 Å². The van der Waals surface area contributed by atoms with E-state index in [9.17, 15) is 0 Å². The first kappa shape index (κ1) is 12.4. The molecule has 1 heteroatoms. The molecule has 0 aliphatic heterocycles. The molecule has 86 valence electrons. The van der Waals surface area contributed by atoms with Gasteiger partial charge in [0.1, 0.15) is 0 Å². The summed E-state index contributed by atoms with van der Waals surface area (Å²) in [5, 5.41) is 1.34. The highest BCUT2D eigenvalue weighted by molar-refractivity contribution is 6.85. The van der Waals surface area contributed by atoms with Gasteiger partial charge in [-0.3, -0.25) is 0 Å². The molecule has 0 aliphatic rings. The van der Waals surface area contributed by atoms with Crippen molar-refractivity contribution in [1.29, 1.82) is 0 Å². The number of hydrogen-bond donors (Lipinski definition) is 0. The summed E-state index contributed by atoms with van der Waals surface area (Å²) >= 11 is -1.01. The second-order valence-electron chi connectivity index (χ2n) is 5.00. The van der Waals surface area contributed by atoms with E-state index in [2.05, 4.69) is 74.5 Å². The molecule has 17 heavy (non-hydrogen) atoms. The van der Waals surface area contributed by atoms with Crippen LogP contribution in [-0.2, 0) is 0 Å². The molecule has 0 aliphatic carbocycles. The summed E-state index contributed by atoms with van der Waals surface area (Å²) < 4.78 is 3.12. The highest BCUT2D eigenvalue weighted by Crippen LogP contribution is 2.06. The van der Waals surface area contributed by atoms with Crippen molar-refractivity contribution < 1.29 is 0 Å². The molecule has 0 radical (unpaired) electrons. The monoisotopic (exact) mass is 238 g/mol. The molecule has 0 saturated carbocycles. The van der Waals surface area contributed by atoms with Crippen molar-refractivity contribution in [2.24, 2.45) is 5.92 Å². The van der Waals surface area contributed by atoms with E-state index in [4.69, 9.17) is 0 Å². The van der Waals surface area contributed by atoms with Crippen molar-refractivity contribution in [3.8, 4) is 0 Å². The largest absolute Gasteiger partial charge is 0.345 e. The zero-order valence-electron chi connectivity index (χ0n) is 10.6. The Morgan fingerprint density at radius 3 is 1.53 bits per heavy atom. The number of rotatable bonds is 4. The highest BCUT2D eigenvalue weighted by Gasteiger charge is 2.22. The standard InChI is InChI=1S/2C6H5.C4H9.Al/c2*1-2-4-6-5-3-1;1-4(2)3;/h2*1-5H;4H,1H2,2-3H3;. The molecular weight excluding hydrogens is 219 g/mol. The maximum Gasteiger partial charge on any atom is 0.345 e. The van der Waals surface area contributed by atoms with Gasteiger partial charge in [-0.2, -0.15) is 0 Å². The van der Waals surface area contributed by atoms with Crippen molar-refractivity contribution in [3.05, 3.63) is 60.7 Å². The van der Waals surface area contributed by atoms with Crippen molar-refractivity contribution in [2.45, 2.75) is 19.1 Å². The van der Waals surface area contributed by atoms with Gasteiger partial charge in [-0.05, 0) is 0 Å². The molecule has 2 aromatic rings. The summed E-state index contributed by atoms with van der Waals surface area (Å²) in [7, 11) is 0. The van der Waals surface area contributed by atoms with Crippen LogP contribution < -0.4 is 8.85 Å². The molecule has 0 fully saturated rings.